The van der Waals surface area contributed by atoms with Crippen LogP contribution in [0, 0.1) is 6.92 Å². The first-order valence-electron chi connectivity index (χ1n) is 6.35. The monoisotopic (exact) mass is 354 g/mol. The second-order valence-electron chi connectivity index (χ2n) is 4.73. The van der Waals surface area contributed by atoms with E-state index in [0.29, 0.717) is 12.1 Å². The fourth-order valence-electron chi connectivity index (χ4n) is 2.23. The van der Waals surface area contributed by atoms with Crippen LogP contribution < -0.4 is 10.0 Å². The second kappa shape index (κ2) is 7.55. The molecule has 0 unspecified atom stereocenters. The van der Waals surface area contributed by atoms with E-state index in [9.17, 15) is 13.2 Å². The van der Waals surface area contributed by atoms with Crippen LogP contribution in [0.1, 0.15) is 28.1 Å². The van der Waals surface area contributed by atoms with Crippen LogP contribution in [0.4, 0.5) is 0 Å². The zero-order valence-corrected chi connectivity index (χ0v) is 14.3. The summed E-state index contributed by atoms with van der Waals surface area (Å²) in [7, 11) is -2.47. The average molecular weight is 355 g/mol. The molecule has 1 atom stereocenters. The molecule has 0 aromatic carbocycles. The van der Waals surface area contributed by atoms with Gasteiger partial charge in [0.25, 0.3) is 0 Å². The minimum Gasteiger partial charge on any atom is -0.465 e. The molecule has 2 rings (SSSR count). The zero-order chi connectivity index (χ0) is 14.8. The van der Waals surface area contributed by atoms with E-state index < -0.39 is 16.0 Å². The Morgan fingerprint density at radius 3 is 2.81 bits per heavy atom. The summed E-state index contributed by atoms with van der Waals surface area (Å²) < 4.78 is 32.3. The van der Waals surface area contributed by atoms with Gasteiger partial charge in [-0.2, -0.15) is 0 Å². The summed E-state index contributed by atoms with van der Waals surface area (Å²) in [5, 5.41) is 4.80. The lowest BCUT2D eigenvalue weighted by molar-refractivity contribution is 0.0602. The molecule has 0 saturated carbocycles. The summed E-state index contributed by atoms with van der Waals surface area (Å²) >= 11 is 1.09. The number of piperidine rings is 1. The normalized spacial score (nSPS) is 18.9. The first-order valence-corrected chi connectivity index (χ1v) is 8.71. The van der Waals surface area contributed by atoms with E-state index in [1.807, 2.05) is 0 Å². The summed E-state index contributed by atoms with van der Waals surface area (Å²) in [6.07, 6.45) is 1.72. The van der Waals surface area contributed by atoms with Crippen molar-refractivity contribution >= 4 is 39.7 Å². The van der Waals surface area contributed by atoms with Crippen LogP contribution in [-0.4, -0.2) is 40.6 Å². The summed E-state index contributed by atoms with van der Waals surface area (Å²) in [5.41, 5.74) is 0.562. The number of esters is 1. The van der Waals surface area contributed by atoms with Crippen molar-refractivity contribution in [2.24, 2.45) is 0 Å². The van der Waals surface area contributed by atoms with Gasteiger partial charge in [0.15, 0.2) is 0 Å². The molecule has 9 heteroatoms. The molecule has 1 aromatic heterocycles. The summed E-state index contributed by atoms with van der Waals surface area (Å²) in [6, 6.07) is -0.140. The van der Waals surface area contributed by atoms with Gasteiger partial charge in [0.2, 0.25) is 10.0 Å². The number of thiophene rings is 1. The Morgan fingerprint density at radius 1 is 1.52 bits per heavy atom. The molecule has 0 spiro atoms. The van der Waals surface area contributed by atoms with Crippen molar-refractivity contribution < 1.29 is 17.9 Å². The van der Waals surface area contributed by atoms with Crippen molar-refractivity contribution in [1.82, 2.24) is 10.0 Å². The van der Waals surface area contributed by atoms with E-state index in [-0.39, 0.29) is 28.2 Å². The SMILES string of the molecule is COC(=O)c1scc(C)c1S(=O)(=O)N[C@H]1CCCNC1.Cl. The van der Waals surface area contributed by atoms with Gasteiger partial charge in [-0.1, -0.05) is 0 Å². The van der Waals surface area contributed by atoms with Crippen molar-refractivity contribution in [3.05, 3.63) is 15.8 Å². The van der Waals surface area contributed by atoms with Crippen LogP contribution >= 0.6 is 23.7 Å². The minimum absolute atomic E-state index is 0. The molecule has 6 nitrogen and oxygen atoms in total. The number of sulfonamides is 1. The third-order valence-corrected chi connectivity index (χ3v) is 6.09. The molecule has 2 N–H and O–H groups in total. The maximum Gasteiger partial charge on any atom is 0.349 e. The van der Waals surface area contributed by atoms with Crippen LogP contribution in [0.2, 0.25) is 0 Å². The molecule has 0 amide bonds. The van der Waals surface area contributed by atoms with Gasteiger partial charge in [0.1, 0.15) is 9.77 Å². The van der Waals surface area contributed by atoms with E-state index in [2.05, 4.69) is 14.8 Å². The molecule has 1 aliphatic rings. The molecule has 120 valence electrons. The van der Waals surface area contributed by atoms with Crippen molar-refractivity contribution in [3.63, 3.8) is 0 Å². The molecule has 21 heavy (non-hydrogen) atoms. The van der Waals surface area contributed by atoms with Gasteiger partial charge >= 0.3 is 5.97 Å². The van der Waals surface area contributed by atoms with Gasteiger partial charge in [0.05, 0.1) is 7.11 Å². The number of methoxy groups -OCH3 is 1. The van der Waals surface area contributed by atoms with Gasteiger partial charge < -0.3 is 10.1 Å². The molecular weight excluding hydrogens is 336 g/mol. The Morgan fingerprint density at radius 2 is 2.24 bits per heavy atom. The molecule has 1 aromatic rings. The highest BCUT2D eigenvalue weighted by Gasteiger charge is 2.29. The number of ether oxygens (including phenoxy) is 1. The van der Waals surface area contributed by atoms with Gasteiger partial charge in [-0.15, -0.1) is 23.7 Å². The van der Waals surface area contributed by atoms with Gasteiger partial charge in [-0.3, -0.25) is 0 Å². The summed E-state index contributed by atoms with van der Waals surface area (Å²) in [6.45, 7) is 3.19. The molecule has 1 saturated heterocycles. The number of carbonyl (C=O) groups is 1. The molecule has 1 aliphatic heterocycles. The number of hydrogen-bond donors (Lipinski definition) is 2. The maximum atomic E-state index is 12.5. The highest BCUT2D eigenvalue weighted by Crippen LogP contribution is 2.27. The number of halogens is 1. The largest absolute Gasteiger partial charge is 0.465 e. The lowest BCUT2D eigenvalue weighted by Gasteiger charge is -2.23. The lowest BCUT2D eigenvalue weighted by Crippen LogP contribution is -2.45. The van der Waals surface area contributed by atoms with Crippen LogP contribution in [0.3, 0.4) is 0 Å². The van der Waals surface area contributed by atoms with Gasteiger partial charge in [-0.25, -0.2) is 17.9 Å². The first kappa shape index (κ1) is 18.4. The predicted octanol–water partition coefficient (Wildman–Crippen LogP) is 1.30. The topological polar surface area (TPSA) is 84.5 Å². The average Bonchev–Trinajstić information content (AvgIpc) is 2.81. The fraction of sp³-hybridized carbons (Fsp3) is 0.583. The second-order valence-corrected chi connectivity index (χ2v) is 7.26. The van der Waals surface area contributed by atoms with E-state index in [1.54, 1.807) is 12.3 Å². The quantitative estimate of drug-likeness (QED) is 0.796. The van der Waals surface area contributed by atoms with E-state index >= 15 is 0 Å². The van der Waals surface area contributed by atoms with Crippen molar-refractivity contribution in [1.29, 1.82) is 0 Å². The minimum atomic E-state index is -3.71. The lowest BCUT2D eigenvalue weighted by atomic mass is 10.1. The first-order chi connectivity index (χ1) is 9.45. The third-order valence-electron chi connectivity index (χ3n) is 3.18. The number of nitrogens with one attached hydrogen (secondary N) is 2. The number of aryl methyl sites for hydroxylation is 1. The van der Waals surface area contributed by atoms with Crippen LogP contribution in [0.25, 0.3) is 0 Å². The van der Waals surface area contributed by atoms with Gasteiger partial charge in [-0.05, 0) is 37.3 Å². The van der Waals surface area contributed by atoms with Crippen molar-refractivity contribution in [3.8, 4) is 0 Å². The molecule has 0 aliphatic carbocycles. The van der Waals surface area contributed by atoms with Crippen LogP contribution in [0.5, 0.6) is 0 Å². The van der Waals surface area contributed by atoms with E-state index in [4.69, 9.17) is 0 Å². The molecule has 2 heterocycles. The Hall–Kier alpha value is -0.670. The highest BCUT2D eigenvalue weighted by molar-refractivity contribution is 7.89. The predicted molar refractivity (Wildman–Crippen MR) is 83.9 cm³/mol. The Balaban J connectivity index is 0.00000220. The Kier molecular flexibility index (Phi) is 6.61. The zero-order valence-electron chi connectivity index (χ0n) is 11.8. The Bertz CT molecular complexity index is 594. The molecular formula is C12H19ClN2O4S2. The van der Waals surface area contributed by atoms with Crippen molar-refractivity contribution in [2.45, 2.75) is 30.7 Å². The summed E-state index contributed by atoms with van der Waals surface area (Å²) in [4.78, 5) is 11.8. The van der Waals surface area contributed by atoms with E-state index in [1.165, 1.54) is 7.11 Å². The Labute approximate surface area is 134 Å². The third kappa shape index (κ3) is 4.17. The number of rotatable bonds is 4. The molecule has 0 radical (unpaired) electrons. The fourth-order valence-corrected chi connectivity index (χ4v) is 5.21. The van der Waals surface area contributed by atoms with Crippen molar-refractivity contribution in [2.75, 3.05) is 20.2 Å². The number of hydrogen-bond acceptors (Lipinski definition) is 6. The van der Waals surface area contributed by atoms with Crippen LogP contribution in [-0.2, 0) is 14.8 Å². The molecule has 1 fully saturated rings. The van der Waals surface area contributed by atoms with E-state index in [0.717, 1.165) is 30.7 Å². The maximum absolute atomic E-state index is 12.5. The van der Waals surface area contributed by atoms with Gasteiger partial charge in [0, 0.05) is 12.6 Å². The highest BCUT2D eigenvalue weighted by atomic mass is 35.5. The van der Waals surface area contributed by atoms with Crippen LogP contribution in [0.15, 0.2) is 10.3 Å². The number of carbonyl (C=O) groups excluding carboxylic acids is 1. The molecule has 0 bridgehead atoms. The smallest absolute Gasteiger partial charge is 0.349 e. The summed E-state index contributed by atoms with van der Waals surface area (Å²) in [5.74, 6) is -0.620. The standard InChI is InChI=1S/C12H18N2O4S2.ClH/c1-8-7-19-10(12(15)18-2)11(8)20(16,17)14-9-4-3-5-13-6-9;/h7,9,13-14H,3-6H2,1-2H3;1H/t9-;/m0./s1.